The molecular formula is C22H24NO+. The maximum absolute atomic E-state index is 12.9. The third-order valence-corrected chi connectivity index (χ3v) is 4.40. The largest absolute Gasteiger partial charge is 0.330 e. The predicted octanol–water partition coefficient (Wildman–Crippen LogP) is 2.87. The standard InChI is InChI=1S/C22H23NO/c1-16-4-8-18(9-5-16)12-20-14-23(3)15-21(22(20)24)13-19-10-6-17(2)7-11-19/h4-13H,14-15H2,1-3H3/p+1/b20-12+,21-13+. The second-order valence-corrected chi connectivity index (χ2v) is 6.80. The second kappa shape index (κ2) is 6.98. The summed E-state index contributed by atoms with van der Waals surface area (Å²) in [5.41, 5.74) is 6.42. The van der Waals surface area contributed by atoms with Crippen LogP contribution in [0.5, 0.6) is 0 Å². The molecule has 0 amide bonds. The van der Waals surface area contributed by atoms with Gasteiger partial charge in [-0.15, -0.1) is 0 Å². The summed E-state index contributed by atoms with van der Waals surface area (Å²) in [4.78, 5) is 14.2. The van der Waals surface area contributed by atoms with E-state index in [0.717, 1.165) is 35.4 Å². The predicted molar refractivity (Wildman–Crippen MR) is 99.9 cm³/mol. The fourth-order valence-electron chi connectivity index (χ4n) is 3.04. The van der Waals surface area contributed by atoms with Crippen molar-refractivity contribution in [3.05, 3.63) is 81.9 Å². The molecule has 24 heavy (non-hydrogen) atoms. The lowest BCUT2D eigenvalue weighted by Crippen LogP contribution is -3.10. The zero-order valence-corrected chi connectivity index (χ0v) is 14.6. The van der Waals surface area contributed by atoms with Crippen molar-refractivity contribution in [2.75, 3.05) is 20.1 Å². The van der Waals surface area contributed by atoms with E-state index in [1.165, 1.54) is 16.0 Å². The van der Waals surface area contributed by atoms with E-state index in [-0.39, 0.29) is 5.78 Å². The number of carbonyl (C=O) groups is 1. The molecule has 2 nitrogen and oxygen atoms in total. The average molecular weight is 318 g/mol. The summed E-state index contributed by atoms with van der Waals surface area (Å²) in [6.07, 6.45) is 4.07. The third-order valence-electron chi connectivity index (χ3n) is 4.40. The van der Waals surface area contributed by atoms with Crippen molar-refractivity contribution in [2.24, 2.45) is 0 Å². The summed E-state index contributed by atoms with van der Waals surface area (Å²) in [6.45, 7) is 5.70. The van der Waals surface area contributed by atoms with Crippen molar-refractivity contribution >= 4 is 17.9 Å². The minimum Gasteiger partial charge on any atom is -0.330 e. The smallest absolute Gasteiger partial charge is 0.196 e. The van der Waals surface area contributed by atoms with Crippen molar-refractivity contribution < 1.29 is 9.69 Å². The number of aryl methyl sites for hydroxylation is 2. The Balaban J connectivity index is 1.90. The quantitative estimate of drug-likeness (QED) is 0.845. The van der Waals surface area contributed by atoms with Crippen molar-refractivity contribution in [1.82, 2.24) is 0 Å². The molecule has 0 aliphatic carbocycles. The fraction of sp³-hybridized carbons (Fsp3) is 0.227. The van der Waals surface area contributed by atoms with Crippen LogP contribution < -0.4 is 4.90 Å². The van der Waals surface area contributed by atoms with Gasteiger partial charge < -0.3 is 4.90 Å². The molecule has 2 heteroatoms. The Morgan fingerprint density at radius 1 is 0.750 bits per heavy atom. The summed E-state index contributed by atoms with van der Waals surface area (Å²) in [5, 5.41) is 0. The van der Waals surface area contributed by atoms with E-state index < -0.39 is 0 Å². The van der Waals surface area contributed by atoms with E-state index >= 15 is 0 Å². The van der Waals surface area contributed by atoms with Crippen molar-refractivity contribution in [3.8, 4) is 0 Å². The topological polar surface area (TPSA) is 21.5 Å². The first kappa shape index (κ1) is 16.4. The molecule has 0 spiro atoms. The van der Waals surface area contributed by atoms with Gasteiger partial charge in [-0.05, 0) is 37.1 Å². The zero-order valence-electron chi connectivity index (χ0n) is 14.6. The number of quaternary nitrogens is 1. The van der Waals surface area contributed by atoms with E-state index in [4.69, 9.17) is 0 Å². The van der Waals surface area contributed by atoms with Gasteiger partial charge in [0, 0.05) is 0 Å². The van der Waals surface area contributed by atoms with Gasteiger partial charge in [-0.1, -0.05) is 59.7 Å². The van der Waals surface area contributed by atoms with Crippen LogP contribution >= 0.6 is 0 Å². The molecular weight excluding hydrogens is 294 g/mol. The van der Waals surface area contributed by atoms with Gasteiger partial charge in [0.15, 0.2) is 5.78 Å². The molecule has 0 atom stereocenters. The Morgan fingerprint density at radius 3 is 1.50 bits per heavy atom. The summed E-state index contributed by atoms with van der Waals surface area (Å²) in [5.74, 6) is 0.182. The maximum atomic E-state index is 12.9. The van der Waals surface area contributed by atoms with Crippen molar-refractivity contribution in [2.45, 2.75) is 13.8 Å². The lowest BCUT2D eigenvalue weighted by atomic mass is 9.94. The van der Waals surface area contributed by atoms with Crippen LogP contribution in [-0.4, -0.2) is 25.9 Å². The number of Topliss-reactive ketones (excluding diaryl/α,β-unsaturated/α-hetero) is 1. The van der Waals surface area contributed by atoms with Crippen molar-refractivity contribution in [3.63, 3.8) is 0 Å². The van der Waals surface area contributed by atoms with Crippen LogP contribution in [0.15, 0.2) is 59.7 Å². The first-order valence-corrected chi connectivity index (χ1v) is 8.42. The van der Waals surface area contributed by atoms with Gasteiger partial charge in [-0.25, -0.2) is 0 Å². The van der Waals surface area contributed by atoms with Crippen LogP contribution in [0, 0.1) is 13.8 Å². The van der Waals surface area contributed by atoms with Gasteiger partial charge >= 0.3 is 0 Å². The average Bonchev–Trinajstić information content (AvgIpc) is 2.56. The number of benzene rings is 2. The number of carbonyl (C=O) groups excluding carboxylic acids is 1. The van der Waals surface area contributed by atoms with Crippen LogP contribution in [0.25, 0.3) is 12.2 Å². The normalized spacial score (nSPS) is 21.5. The van der Waals surface area contributed by atoms with E-state index in [0.29, 0.717) is 0 Å². The van der Waals surface area contributed by atoms with E-state index in [2.05, 4.69) is 69.4 Å². The summed E-state index contributed by atoms with van der Waals surface area (Å²) >= 11 is 0. The first-order chi connectivity index (χ1) is 11.5. The van der Waals surface area contributed by atoms with Crippen LogP contribution in [0.1, 0.15) is 22.3 Å². The number of likely N-dealkylation sites (tertiary alicyclic amines) is 1. The second-order valence-electron chi connectivity index (χ2n) is 6.80. The molecule has 1 aliphatic heterocycles. The van der Waals surface area contributed by atoms with Gasteiger partial charge in [0.2, 0.25) is 0 Å². The van der Waals surface area contributed by atoms with E-state index in [1.54, 1.807) is 0 Å². The maximum Gasteiger partial charge on any atom is 0.196 e. The molecule has 1 heterocycles. The third kappa shape index (κ3) is 3.90. The van der Waals surface area contributed by atoms with E-state index in [9.17, 15) is 4.79 Å². The SMILES string of the molecule is Cc1ccc(/C=C2\C[NH+](C)C/C(=C\c3ccc(C)cc3)C2=O)cc1. The monoisotopic (exact) mass is 318 g/mol. The number of rotatable bonds is 2. The minimum atomic E-state index is 0.182. The molecule has 0 bridgehead atoms. The van der Waals surface area contributed by atoms with Gasteiger partial charge in [0.05, 0.1) is 18.2 Å². The minimum absolute atomic E-state index is 0.182. The highest BCUT2D eigenvalue weighted by atomic mass is 16.1. The number of hydrogen-bond acceptors (Lipinski definition) is 1. The number of piperidine rings is 1. The highest BCUT2D eigenvalue weighted by Gasteiger charge is 2.26. The summed E-state index contributed by atoms with van der Waals surface area (Å²) < 4.78 is 0. The first-order valence-electron chi connectivity index (χ1n) is 8.42. The van der Waals surface area contributed by atoms with Gasteiger partial charge in [0.25, 0.3) is 0 Å². The molecule has 1 fully saturated rings. The molecule has 1 N–H and O–H groups in total. The van der Waals surface area contributed by atoms with Gasteiger partial charge in [-0.3, -0.25) is 4.79 Å². The Morgan fingerprint density at radius 2 is 1.12 bits per heavy atom. The zero-order chi connectivity index (χ0) is 17.1. The Bertz CT molecular complexity index is 727. The Labute approximate surface area is 144 Å². The fourth-order valence-corrected chi connectivity index (χ4v) is 3.04. The highest BCUT2D eigenvalue weighted by Crippen LogP contribution is 2.16. The van der Waals surface area contributed by atoms with Gasteiger partial charge in [-0.2, -0.15) is 0 Å². The Hall–Kier alpha value is -2.45. The van der Waals surface area contributed by atoms with Crippen molar-refractivity contribution in [1.29, 1.82) is 0 Å². The lowest BCUT2D eigenvalue weighted by molar-refractivity contribution is -0.870. The molecule has 0 aromatic heterocycles. The molecule has 0 radical (unpaired) electrons. The number of ketones is 1. The van der Waals surface area contributed by atoms with Crippen LogP contribution in [-0.2, 0) is 4.79 Å². The molecule has 0 saturated carbocycles. The van der Waals surface area contributed by atoms with Crippen LogP contribution in [0.3, 0.4) is 0 Å². The Kier molecular flexibility index (Phi) is 4.77. The van der Waals surface area contributed by atoms with E-state index in [1.807, 2.05) is 12.2 Å². The lowest BCUT2D eigenvalue weighted by Gasteiger charge is -2.23. The number of nitrogens with one attached hydrogen (secondary N) is 1. The number of hydrogen-bond donors (Lipinski definition) is 1. The molecule has 2 aromatic carbocycles. The van der Waals surface area contributed by atoms with Crippen LogP contribution in [0.4, 0.5) is 0 Å². The highest BCUT2D eigenvalue weighted by molar-refractivity contribution is 6.14. The van der Waals surface area contributed by atoms with Crippen LogP contribution in [0.2, 0.25) is 0 Å². The number of likely N-dealkylation sites (N-methyl/N-ethyl adjacent to an activating group) is 1. The summed E-state index contributed by atoms with van der Waals surface area (Å²) in [6, 6.07) is 16.6. The molecule has 1 saturated heterocycles. The molecule has 3 rings (SSSR count). The molecule has 1 aliphatic rings. The molecule has 0 unspecified atom stereocenters. The summed E-state index contributed by atoms with van der Waals surface area (Å²) in [7, 11) is 2.14. The molecule has 122 valence electrons. The van der Waals surface area contributed by atoms with Gasteiger partial charge in [0.1, 0.15) is 13.1 Å². The molecule has 2 aromatic rings.